The van der Waals surface area contributed by atoms with Gasteiger partial charge in [-0.1, -0.05) is 18.2 Å². The summed E-state index contributed by atoms with van der Waals surface area (Å²) in [7, 11) is 2.11. The van der Waals surface area contributed by atoms with Gasteiger partial charge in [0.25, 0.3) is 5.91 Å². The Morgan fingerprint density at radius 1 is 1.23 bits per heavy atom. The summed E-state index contributed by atoms with van der Waals surface area (Å²) in [4.78, 5) is 14.3. The maximum Gasteiger partial charge on any atom is 0.289 e. The predicted molar refractivity (Wildman–Crippen MR) is 84.9 cm³/mol. The molecular weight excluding hydrogens is 276 g/mol. The molecule has 1 aliphatic heterocycles. The number of carbonyl (C=O) groups is 1. The number of amides is 1. The Hall–Kier alpha value is -2.49. The van der Waals surface area contributed by atoms with Gasteiger partial charge in [-0.05, 0) is 36.1 Å². The van der Waals surface area contributed by atoms with Crippen molar-refractivity contribution in [2.45, 2.75) is 12.3 Å². The quantitative estimate of drug-likeness (QED) is 0.726. The molecule has 22 heavy (non-hydrogen) atoms. The van der Waals surface area contributed by atoms with Crippen molar-refractivity contribution in [2.24, 2.45) is 7.05 Å². The normalized spacial score (nSPS) is 18.2. The Morgan fingerprint density at radius 3 is 2.86 bits per heavy atom. The van der Waals surface area contributed by atoms with Gasteiger partial charge in [0.15, 0.2) is 5.76 Å². The highest BCUT2D eigenvalue weighted by Gasteiger charge is 2.30. The van der Waals surface area contributed by atoms with Crippen molar-refractivity contribution in [1.82, 2.24) is 9.47 Å². The first-order valence-electron chi connectivity index (χ1n) is 7.61. The third-order valence-corrected chi connectivity index (χ3v) is 4.61. The Labute approximate surface area is 128 Å². The van der Waals surface area contributed by atoms with E-state index < -0.39 is 0 Å². The van der Waals surface area contributed by atoms with Crippen LogP contribution in [0.15, 0.2) is 53.1 Å². The van der Waals surface area contributed by atoms with Crippen LogP contribution in [0.1, 0.15) is 28.6 Å². The van der Waals surface area contributed by atoms with Crippen LogP contribution in [0.2, 0.25) is 0 Å². The number of hydrogen-bond donors (Lipinski definition) is 0. The molecule has 1 amide bonds. The van der Waals surface area contributed by atoms with Crippen LogP contribution in [0.4, 0.5) is 0 Å². The monoisotopic (exact) mass is 294 g/mol. The van der Waals surface area contributed by atoms with Crippen LogP contribution in [-0.4, -0.2) is 28.5 Å². The van der Waals surface area contributed by atoms with Gasteiger partial charge in [0.05, 0.1) is 6.26 Å². The molecule has 4 rings (SSSR count). The van der Waals surface area contributed by atoms with E-state index >= 15 is 0 Å². The van der Waals surface area contributed by atoms with Crippen molar-refractivity contribution in [1.29, 1.82) is 0 Å². The van der Waals surface area contributed by atoms with Crippen molar-refractivity contribution in [3.63, 3.8) is 0 Å². The maximum absolute atomic E-state index is 12.4. The number of carbonyl (C=O) groups excluding carboxylic acids is 1. The second kappa shape index (κ2) is 5.05. The molecule has 1 saturated heterocycles. The van der Waals surface area contributed by atoms with Gasteiger partial charge in [-0.2, -0.15) is 0 Å². The van der Waals surface area contributed by atoms with Crippen molar-refractivity contribution >= 4 is 16.8 Å². The number of likely N-dealkylation sites (tertiary alicyclic amines) is 1. The second-order valence-corrected chi connectivity index (χ2v) is 5.90. The Balaban J connectivity index is 1.59. The van der Waals surface area contributed by atoms with Crippen molar-refractivity contribution in [2.75, 3.05) is 13.1 Å². The van der Waals surface area contributed by atoms with E-state index in [9.17, 15) is 4.79 Å². The van der Waals surface area contributed by atoms with Gasteiger partial charge < -0.3 is 13.9 Å². The summed E-state index contributed by atoms with van der Waals surface area (Å²) in [5.41, 5.74) is 2.55. The summed E-state index contributed by atoms with van der Waals surface area (Å²) in [6.07, 6.45) is 2.54. The molecule has 3 aromatic rings. The van der Waals surface area contributed by atoms with Gasteiger partial charge in [-0.25, -0.2) is 0 Å². The molecule has 1 unspecified atom stereocenters. The average Bonchev–Trinajstić information content (AvgIpc) is 3.27. The lowest BCUT2D eigenvalue weighted by atomic mass is 10.0. The Kier molecular flexibility index (Phi) is 3.03. The van der Waals surface area contributed by atoms with E-state index in [2.05, 4.69) is 41.9 Å². The molecule has 0 radical (unpaired) electrons. The van der Waals surface area contributed by atoms with Gasteiger partial charge in [0, 0.05) is 37.3 Å². The summed E-state index contributed by atoms with van der Waals surface area (Å²) in [5, 5.41) is 1.26. The molecule has 4 nitrogen and oxygen atoms in total. The molecule has 0 bridgehead atoms. The number of benzene rings is 1. The Bertz CT molecular complexity index is 817. The summed E-state index contributed by atoms with van der Waals surface area (Å²) in [6.45, 7) is 1.54. The van der Waals surface area contributed by atoms with Gasteiger partial charge in [0.1, 0.15) is 0 Å². The highest BCUT2D eigenvalue weighted by molar-refractivity contribution is 5.91. The second-order valence-electron chi connectivity index (χ2n) is 5.90. The van der Waals surface area contributed by atoms with Crippen LogP contribution in [0, 0.1) is 0 Å². The van der Waals surface area contributed by atoms with Crippen LogP contribution in [0.5, 0.6) is 0 Å². The van der Waals surface area contributed by atoms with Crippen molar-refractivity contribution in [3.05, 3.63) is 60.2 Å². The number of rotatable bonds is 2. The van der Waals surface area contributed by atoms with Gasteiger partial charge >= 0.3 is 0 Å². The number of aryl methyl sites for hydroxylation is 1. The highest BCUT2D eigenvalue weighted by atomic mass is 16.3. The summed E-state index contributed by atoms with van der Waals surface area (Å²) in [6, 6.07) is 14.1. The average molecular weight is 294 g/mol. The lowest BCUT2D eigenvalue weighted by Gasteiger charge is -2.15. The minimum absolute atomic E-state index is 0.00809. The molecular formula is C18H18N2O2. The number of nitrogens with zero attached hydrogens (tertiary/aromatic N) is 2. The molecule has 1 aromatic carbocycles. The molecule has 0 spiro atoms. The number of furan rings is 1. The lowest BCUT2D eigenvalue weighted by Crippen LogP contribution is -2.28. The number of fused-ring (bicyclic) bond motifs is 1. The van der Waals surface area contributed by atoms with E-state index in [1.165, 1.54) is 16.6 Å². The zero-order valence-corrected chi connectivity index (χ0v) is 12.5. The lowest BCUT2D eigenvalue weighted by molar-refractivity contribution is 0.0759. The highest BCUT2D eigenvalue weighted by Crippen LogP contribution is 2.31. The minimum atomic E-state index is -0.00809. The molecule has 1 fully saturated rings. The molecule has 1 aliphatic rings. The van der Waals surface area contributed by atoms with Crippen molar-refractivity contribution in [3.8, 4) is 0 Å². The fourth-order valence-electron chi connectivity index (χ4n) is 3.44. The van der Waals surface area contributed by atoms with E-state index in [4.69, 9.17) is 4.42 Å². The number of hydrogen-bond acceptors (Lipinski definition) is 2. The summed E-state index contributed by atoms with van der Waals surface area (Å²) < 4.78 is 7.47. The van der Waals surface area contributed by atoms with E-state index in [0.29, 0.717) is 11.7 Å². The molecule has 112 valence electrons. The Morgan fingerprint density at radius 2 is 2.09 bits per heavy atom. The SMILES string of the molecule is Cn1c(C2CCN(C(=O)c3ccco3)C2)cc2ccccc21. The molecule has 2 aromatic heterocycles. The van der Waals surface area contributed by atoms with Crippen LogP contribution >= 0.6 is 0 Å². The molecule has 0 N–H and O–H groups in total. The maximum atomic E-state index is 12.4. The van der Waals surface area contributed by atoms with Gasteiger partial charge in [-0.15, -0.1) is 0 Å². The number of para-hydroxylation sites is 1. The van der Waals surface area contributed by atoms with Crippen molar-refractivity contribution < 1.29 is 9.21 Å². The van der Waals surface area contributed by atoms with E-state index in [1.54, 1.807) is 18.4 Å². The fraction of sp³-hybridized carbons (Fsp3) is 0.278. The van der Waals surface area contributed by atoms with Gasteiger partial charge in [0.2, 0.25) is 0 Å². The largest absolute Gasteiger partial charge is 0.459 e. The van der Waals surface area contributed by atoms with E-state index in [1.807, 2.05) is 4.90 Å². The molecule has 3 heterocycles. The standard InChI is InChI=1S/C18H18N2O2/c1-19-15-6-3-2-5-13(15)11-16(19)14-8-9-20(12-14)18(21)17-7-4-10-22-17/h2-7,10-11,14H,8-9,12H2,1H3. The number of aromatic nitrogens is 1. The summed E-state index contributed by atoms with van der Waals surface area (Å²) >= 11 is 0. The first-order valence-corrected chi connectivity index (χ1v) is 7.61. The molecule has 0 aliphatic carbocycles. The first-order chi connectivity index (χ1) is 10.7. The summed E-state index contributed by atoms with van der Waals surface area (Å²) in [5.74, 6) is 0.806. The molecule has 1 atom stereocenters. The first kappa shape index (κ1) is 13.2. The van der Waals surface area contributed by atoms with Gasteiger partial charge in [-0.3, -0.25) is 4.79 Å². The smallest absolute Gasteiger partial charge is 0.289 e. The minimum Gasteiger partial charge on any atom is -0.459 e. The predicted octanol–water partition coefficient (Wildman–Crippen LogP) is 3.40. The third-order valence-electron chi connectivity index (χ3n) is 4.61. The van der Waals surface area contributed by atoms with Crippen LogP contribution in [0.3, 0.4) is 0 Å². The zero-order valence-electron chi connectivity index (χ0n) is 12.5. The molecule has 4 heteroatoms. The fourth-order valence-corrected chi connectivity index (χ4v) is 3.44. The van der Waals surface area contributed by atoms with E-state index in [0.717, 1.165) is 19.5 Å². The molecule has 0 saturated carbocycles. The zero-order chi connectivity index (χ0) is 15.1. The topological polar surface area (TPSA) is 38.4 Å². The van der Waals surface area contributed by atoms with E-state index in [-0.39, 0.29) is 5.91 Å². The van der Waals surface area contributed by atoms with Crippen LogP contribution in [-0.2, 0) is 7.05 Å². The van der Waals surface area contributed by atoms with Crippen LogP contribution < -0.4 is 0 Å². The third kappa shape index (κ3) is 2.03. The van der Waals surface area contributed by atoms with Crippen LogP contribution in [0.25, 0.3) is 10.9 Å².